The van der Waals surface area contributed by atoms with Gasteiger partial charge in [-0.05, 0) is 73.8 Å². The Morgan fingerprint density at radius 3 is 2.65 bits per heavy atom. The van der Waals surface area contributed by atoms with E-state index in [1.165, 1.54) is 6.07 Å². The summed E-state index contributed by atoms with van der Waals surface area (Å²) in [6.07, 6.45) is 3.57. The molecule has 2 aromatic heterocycles. The van der Waals surface area contributed by atoms with Crippen LogP contribution < -0.4 is 10.1 Å². The number of aromatic nitrogens is 3. The van der Waals surface area contributed by atoms with E-state index in [0.29, 0.717) is 35.2 Å². The number of aliphatic hydroxyl groups is 1. The fourth-order valence-electron chi connectivity index (χ4n) is 5.24. The topological polar surface area (TPSA) is 92.5 Å². The molecule has 0 bridgehead atoms. The van der Waals surface area contributed by atoms with Crippen molar-refractivity contribution in [2.24, 2.45) is 13.0 Å². The van der Waals surface area contributed by atoms with Gasteiger partial charge in [0, 0.05) is 49.9 Å². The number of anilines is 2. The lowest BCUT2D eigenvalue weighted by molar-refractivity contribution is -0.123. The predicted octanol–water partition coefficient (Wildman–Crippen LogP) is 5.58. The summed E-state index contributed by atoms with van der Waals surface area (Å²) in [5, 5.41) is 12.4. The van der Waals surface area contributed by atoms with Gasteiger partial charge in [0.05, 0.1) is 23.3 Å². The van der Waals surface area contributed by atoms with Gasteiger partial charge in [0.1, 0.15) is 23.1 Å². The summed E-state index contributed by atoms with van der Waals surface area (Å²) in [7, 11) is 1.92. The number of piperidine rings is 1. The average Bonchev–Trinajstić information content (AvgIpc) is 3.24. The molecule has 0 spiro atoms. The van der Waals surface area contributed by atoms with Crippen molar-refractivity contribution in [1.82, 2.24) is 19.4 Å². The molecule has 0 atom stereocenters. The highest BCUT2D eigenvalue weighted by Crippen LogP contribution is 2.30. The Bertz CT molecular complexity index is 1490. The van der Waals surface area contributed by atoms with Crippen LogP contribution in [0.4, 0.5) is 16.0 Å². The van der Waals surface area contributed by atoms with E-state index in [1.54, 1.807) is 18.3 Å². The highest BCUT2D eigenvalue weighted by molar-refractivity contribution is 5.83. The molecule has 2 aromatic carbocycles. The highest BCUT2D eigenvalue weighted by atomic mass is 19.1. The quantitative estimate of drug-likeness (QED) is 0.269. The second kappa shape index (κ2) is 12.1. The number of carbonyl (C=O) groups excluding carboxylic acids is 1. The van der Waals surface area contributed by atoms with Crippen LogP contribution in [0.3, 0.4) is 0 Å². The number of imidazole rings is 1. The molecule has 0 saturated carbocycles. The number of carbonyl (C=O) groups is 1. The molecule has 1 saturated heterocycles. The molecule has 0 radical (unpaired) electrons. The Kier molecular flexibility index (Phi) is 8.42. The number of halogens is 1. The number of pyridine rings is 1. The molecule has 9 heteroatoms. The van der Waals surface area contributed by atoms with E-state index < -0.39 is 0 Å². The number of ketones is 1. The smallest absolute Gasteiger partial charge is 0.208 e. The van der Waals surface area contributed by atoms with Crippen molar-refractivity contribution in [3.05, 3.63) is 71.8 Å². The Hall–Kier alpha value is -3.82. The molecule has 5 rings (SSSR count). The van der Waals surface area contributed by atoms with Crippen LogP contribution in [0, 0.1) is 11.7 Å². The van der Waals surface area contributed by atoms with Gasteiger partial charge in [-0.1, -0.05) is 13.8 Å². The van der Waals surface area contributed by atoms with E-state index in [9.17, 15) is 9.18 Å². The third-order valence-electron chi connectivity index (χ3n) is 7.56. The van der Waals surface area contributed by atoms with E-state index in [0.717, 1.165) is 42.7 Å². The number of hydrogen-bond acceptors (Lipinski definition) is 7. The number of rotatable bonds is 10. The zero-order valence-corrected chi connectivity index (χ0v) is 23.2. The van der Waals surface area contributed by atoms with Crippen molar-refractivity contribution >= 4 is 28.5 Å². The van der Waals surface area contributed by atoms with Crippen LogP contribution in [-0.4, -0.2) is 56.6 Å². The number of aliphatic hydroxyl groups excluding tert-OH is 1. The molecule has 1 aliphatic heterocycles. The van der Waals surface area contributed by atoms with Crippen LogP contribution in [-0.2, 0) is 18.3 Å². The molecule has 0 amide bonds. The maximum atomic E-state index is 14.1. The number of Topliss-reactive ketones (excluding diaryl/α,β-unsaturated/α-hetero) is 1. The van der Waals surface area contributed by atoms with Gasteiger partial charge in [-0.2, -0.15) is 0 Å². The van der Waals surface area contributed by atoms with E-state index >= 15 is 0 Å². The summed E-state index contributed by atoms with van der Waals surface area (Å²) >= 11 is 0. The SMILES string of the molecule is CC(C)c1cc(Nc2nc3cc(Oc4ccnc(CC(=O)C5CCN(CCO)CC5)c4)ccc3n2C)ccc1F. The maximum absolute atomic E-state index is 14.1. The average molecular weight is 546 g/mol. The third-order valence-corrected chi connectivity index (χ3v) is 7.56. The molecule has 1 aliphatic rings. The number of fused-ring (bicyclic) bond motifs is 1. The number of β-amino-alcohol motifs (C(OH)–C–C–N with tert-alkyl or cyclic N) is 1. The molecule has 0 unspecified atom stereocenters. The van der Waals surface area contributed by atoms with E-state index in [-0.39, 0.29) is 36.5 Å². The Balaban J connectivity index is 1.26. The first-order valence-electron chi connectivity index (χ1n) is 13.8. The molecule has 40 heavy (non-hydrogen) atoms. The maximum Gasteiger partial charge on any atom is 0.208 e. The second-order valence-electron chi connectivity index (χ2n) is 10.7. The lowest BCUT2D eigenvalue weighted by Crippen LogP contribution is -2.38. The van der Waals surface area contributed by atoms with E-state index in [2.05, 4.69) is 15.2 Å². The third kappa shape index (κ3) is 6.32. The van der Waals surface area contributed by atoms with Gasteiger partial charge < -0.3 is 24.6 Å². The first-order valence-corrected chi connectivity index (χ1v) is 13.8. The van der Waals surface area contributed by atoms with Crippen LogP contribution in [0.15, 0.2) is 54.7 Å². The number of ether oxygens (including phenoxy) is 1. The minimum absolute atomic E-state index is 0.0301. The zero-order chi connectivity index (χ0) is 28.2. The van der Waals surface area contributed by atoms with Crippen molar-refractivity contribution in [2.75, 3.05) is 31.6 Å². The largest absolute Gasteiger partial charge is 0.457 e. The summed E-state index contributed by atoms with van der Waals surface area (Å²) < 4.78 is 22.2. The molecular weight excluding hydrogens is 509 g/mol. The van der Waals surface area contributed by atoms with E-state index in [1.807, 2.05) is 55.8 Å². The van der Waals surface area contributed by atoms with Crippen molar-refractivity contribution in [3.63, 3.8) is 0 Å². The molecule has 8 nitrogen and oxygen atoms in total. The van der Waals surface area contributed by atoms with Crippen LogP contribution in [0.1, 0.15) is 43.9 Å². The van der Waals surface area contributed by atoms with Crippen molar-refractivity contribution in [3.8, 4) is 11.5 Å². The standard InChI is InChI=1S/C31H36FN5O3/c1-20(2)26-17-22(4-6-27(26)32)34-31-35-28-19-24(5-7-29(28)36(31)3)40-25-8-11-33-23(16-25)18-30(39)21-9-12-37(13-10-21)14-15-38/h4-8,11,16-17,19-21,38H,9-10,12-15,18H2,1-3H3,(H,34,35). The van der Waals surface area contributed by atoms with Crippen LogP contribution in [0.25, 0.3) is 11.0 Å². The number of hydrogen-bond donors (Lipinski definition) is 2. The van der Waals surface area contributed by atoms with Crippen molar-refractivity contribution < 1.29 is 19.0 Å². The van der Waals surface area contributed by atoms with Crippen LogP contribution >= 0.6 is 0 Å². The lowest BCUT2D eigenvalue weighted by Gasteiger charge is -2.30. The highest BCUT2D eigenvalue weighted by Gasteiger charge is 2.25. The summed E-state index contributed by atoms with van der Waals surface area (Å²) in [4.78, 5) is 24.2. The molecular formula is C31H36FN5O3. The normalized spacial score (nSPS) is 14.7. The first-order chi connectivity index (χ1) is 19.3. The number of benzene rings is 2. The predicted molar refractivity (Wildman–Crippen MR) is 154 cm³/mol. The molecule has 4 aromatic rings. The van der Waals surface area contributed by atoms with Gasteiger partial charge in [-0.25, -0.2) is 9.37 Å². The van der Waals surface area contributed by atoms with Gasteiger partial charge in [0.15, 0.2) is 0 Å². The minimum Gasteiger partial charge on any atom is -0.457 e. The first kappa shape index (κ1) is 27.7. The Morgan fingerprint density at radius 1 is 1.12 bits per heavy atom. The summed E-state index contributed by atoms with van der Waals surface area (Å²) in [5.41, 5.74) is 3.79. The zero-order valence-electron chi connectivity index (χ0n) is 23.2. The second-order valence-corrected chi connectivity index (χ2v) is 10.7. The molecule has 3 heterocycles. The van der Waals surface area contributed by atoms with E-state index in [4.69, 9.17) is 14.8 Å². The fraction of sp³-hybridized carbons (Fsp3) is 0.387. The van der Waals surface area contributed by atoms with Crippen molar-refractivity contribution in [2.45, 2.75) is 39.0 Å². The summed E-state index contributed by atoms with van der Waals surface area (Å²) in [5.74, 6) is 1.96. The van der Waals surface area contributed by atoms with Gasteiger partial charge in [-0.3, -0.25) is 9.78 Å². The molecule has 0 aliphatic carbocycles. The van der Waals surface area contributed by atoms with Crippen molar-refractivity contribution in [1.29, 1.82) is 0 Å². The summed E-state index contributed by atoms with van der Waals surface area (Å²) in [6, 6.07) is 14.3. The van der Waals surface area contributed by atoms with Gasteiger partial charge in [-0.15, -0.1) is 0 Å². The molecule has 2 N–H and O–H groups in total. The molecule has 210 valence electrons. The number of likely N-dealkylation sites (tertiary alicyclic amines) is 1. The van der Waals surface area contributed by atoms with Gasteiger partial charge in [0.2, 0.25) is 5.95 Å². The van der Waals surface area contributed by atoms with Crippen LogP contribution in [0.5, 0.6) is 11.5 Å². The van der Waals surface area contributed by atoms with Gasteiger partial charge >= 0.3 is 0 Å². The number of nitrogens with one attached hydrogen (secondary N) is 1. The molecule has 1 fully saturated rings. The van der Waals surface area contributed by atoms with Gasteiger partial charge in [0.25, 0.3) is 0 Å². The van der Waals surface area contributed by atoms with Crippen LogP contribution in [0.2, 0.25) is 0 Å². The number of nitrogens with zero attached hydrogens (tertiary/aromatic N) is 4. The Labute approximate surface area is 233 Å². The lowest BCUT2D eigenvalue weighted by atomic mass is 9.90. The monoisotopic (exact) mass is 545 g/mol. The minimum atomic E-state index is -0.212. The Morgan fingerprint density at radius 2 is 1.90 bits per heavy atom. The number of aryl methyl sites for hydroxylation is 1. The summed E-state index contributed by atoms with van der Waals surface area (Å²) in [6.45, 7) is 6.42. The fourth-order valence-corrected chi connectivity index (χ4v) is 5.24.